The summed E-state index contributed by atoms with van der Waals surface area (Å²) >= 11 is 0. The van der Waals surface area contributed by atoms with Crippen LogP contribution in [-0.2, 0) is 16.8 Å². The van der Waals surface area contributed by atoms with Crippen molar-refractivity contribution >= 4 is 5.97 Å². The molecule has 0 fully saturated rings. The molecule has 3 nitrogen and oxygen atoms in total. The van der Waals surface area contributed by atoms with E-state index in [9.17, 15) is 9.90 Å². The molecular weight excluding hydrogens is 214 g/mol. The van der Waals surface area contributed by atoms with Gasteiger partial charge in [0.15, 0.2) is 0 Å². The highest BCUT2D eigenvalue weighted by Crippen LogP contribution is 2.22. The summed E-state index contributed by atoms with van der Waals surface area (Å²) < 4.78 is 0. The van der Waals surface area contributed by atoms with Gasteiger partial charge in [-0.3, -0.25) is 5.32 Å². The highest BCUT2D eigenvalue weighted by Gasteiger charge is 2.35. The maximum absolute atomic E-state index is 11.4. The highest BCUT2D eigenvalue weighted by atomic mass is 16.4. The molecule has 1 atom stereocenters. The fourth-order valence-corrected chi connectivity index (χ4v) is 1.92. The van der Waals surface area contributed by atoms with Crippen molar-refractivity contribution in [1.82, 2.24) is 5.32 Å². The number of carboxylic acids is 1. The van der Waals surface area contributed by atoms with E-state index in [4.69, 9.17) is 0 Å². The van der Waals surface area contributed by atoms with E-state index in [0.717, 1.165) is 12.0 Å². The third kappa shape index (κ3) is 3.07. The second-order valence-corrected chi connectivity index (χ2v) is 4.78. The molecule has 0 bridgehead atoms. The normalized spacial score (nSPS) is 14.6. The van der Waals surface area contributed by atoms with Crippen LogP contribution in [0.3, 0.4) is 0 Å². The van der Waals surface area contributed by atoms with Crippen molar-refractivity contribution in [2.75, 3.05) is 0 Å². The van der Waals surface area contributed by atoms with Gasteiger partial charge >= 0.3 is 5.97 Å². The molecule has 17 heavy (non-hydrogen) atoms. The Morgan fingerprint density at radius 3 is 2.24 bits per heavy atom. The van der Waals surface area contributed by atoms with Crippen LogP contribution in [0.5, 0.6) is 0 Å². The predicted molar refractivity (Wildman–Crippen MR) is 69.1 cm³/mol. The second-order valence-electron chi connectivity index (χ2n) is 4.78. The first-order chi connectivity index (χ1) is 7.90. The molecule has 0 radical (unpaired) electrons. The van der Waals surface area contributed by atoms with Crippen LogP contribution in [0.2, 0.25) is 0 Å². The maximum atomic E-state index is 11.4. The van der Waals surface area contributed by atoms with Gasteiger partial charge in [-0.1, -0.05) is 31.2 Å². The lowest BCUT2D eigenvalue weighted by Crippen LogP contribution is -2.49. The highest BCUT2D eigenvalue weighted by molar-refractivity contribution is 5.80. The van der Waals surface area contributed by atoms with Gasteiger partial charge in [-0.2, -0.15) is 0 Å². The summed E-state index contributed by atoms with van der Waals surface area (Å²) in [5, 5.41) is 12.5. The van der Waals surface area contributed by atoms with Crippen LogP contribution in [-0.4, -0.2) is 17.1 Å². The Balaban J connectivity index is 3.09. The summed E-state index contributed by atoms with van der Waals surface area (Å²) in [5.74, 6) is -0.851. The SMILES string of the molecule is CCc1ccc(C(C)(NC(C)C)C(=O)O)cc1. The third-order valence-corrected chi connectivity index (χ3v) is 2.94. The molecule has 0 saturated carbocycles. The number of benzene rings is 1. The van der Waals surface area contributed by atoms with Gasteiger partial charge in [0.05, 0.1) is 0 Å². The fraction of sp³-hybridized carbons (Fsp3) is 0.500. The van der Waals surface area contributed by atoms with Gasteiger partial charge in [-0.25, -0.2) is 4.79 Å². The van der Waals surface area contributed by atoms with Crippen molar-refractivity contribution in [3.05, 3.63) is 35.4 Å². The smallest absolute Gasteiger partial charge is 0.328 e. The third-order valence-electron chi connectivity index (χ3n) is 2.94. The standard InChI is InChI=1S/C14H21NO2/c1-5-11-6-8-12(9-7-11)14(4,13(16)17)15-10(2)3/h6-10,15H,5H2,1-4H3,(H,16,17). The number of carbonyl (C=O) groups is 1. The molecule has 2 N–H and O–H groups in total. The van der Waals surface area contributed by atoms with Gasteiger partial charge in [0.25, 0.3) is 0 Å². The van der Waals surface area contributed by atoms with E-state index in [1.807, 2.05) is 38.1 Å². The summed E-state index contributed by atoms with van der Waals surface area (Å²) in [6, 6.07) is 7.86. The fourth-order valence-electron chi connectivity index (χ4n) is 1.92. The van der Waals surface area contributed by atoms with Crippen molar-refractivity contribution in [2.24, 2.45) is 0 Å². The number of rotatable bonds is 5. The lowest BCUT2D eigenvalue weighted by Gasteiger charge is -2.29. The van der Waals surface area contributed by atoms with E-state index < -0.39 is 11.5 Å². The largest absolute Gasteiger partial charge is 0.480 e. The second kappa shape index (κ2) is 5.32. The molecule has 1 aromatic rings. The minimum atomic E-state index is -1.03. The van der Waals surface area contributed by atoms with Crippen LogP contribution in [0.1, 0.15) is 38.8 Å². The van der Waals surface area contributed by atoms with Gasteiger partial charge in [-0.15, -0.1) is 0 Å². The van der Waals surface area contributed by atoms with Crippen LogP contribution < -0.4 is 5.32 Å². The Hall–Kier alpha value is -1.35. The monoisotopic (exact) mass is 235 g/mol. The molecule has 0 heterocycles. The average molecular weight is 235 g/mol. The maximum Gasteiger partial charge on any atom is 0.328 e. The van der Waals surface area contributed by atoms with E-state index in [1.54, 1.807) is 6.92 Å². The number of aryl methyl sites for hydroxylation is 1. The van der Waals surface area contributed by atoms with E-state index >= 15 is 0 Å². The lowest BCUT2D eigenvalue weighted by molar-refractivity contribution is -0.144. The minimum Gasteiger partial charge on any atom is -0.480 e. The summed E-state index contributed by atoms with van der Waals surface area (Å²) in [4.78, 5) is 11.4. The van der Waals surface area contributed by atoms with Crippen LogP contribution in [0.4, 0.5) is 0 Å². The van der Waals surface area contributed by atoms with Crippen molar-refractivity contribution < 1.29 is 9.90 Å². The minimum absolute atomic E-state index is 0.113. The zero-order valence-corrected chi connectivity index (χ0v) is 10.9. The summed E-state index contributed by atoms with van der Waals surface area (Å²) in [7, 11) is 0. The Bertz CT molecular complexity index is 384. The molecule has 0 saturated heterocycles. The van der Waals surface area contributed by atoms with Gasteiger partial charge in [0, 0.05) is 6.04 Å². The Labute approximate surface area is 103 Å². The van der Waals surface area contributed by atoms with E-state index in [2.05, 4.69) is 12.2 Å². The van der Waals surface area contributed by atoms with Crippen molar-refractivity contribution in [3.8, 4) is 0 Å². The summed E-state index contributed by atoms with van der Waals surface area (Å²) in [6.45, 7) is 7.68. The Kier molecular flexibility index (Phi) is 4.29. The van der Waals surface area contributed by atoms with Crippen molar-refractivity contribution in [2.45, 2.75) is 45.7 Å². The van der Waals surface area contributed by atoms with Crippen LogP contribution >= 0.6 is 0 Å². The Morgan fingerprint density at radius 1 is 1.35 bits per heavy atom. The van der Waals surface area contributed by atoms with Gasteiger partial charge in [0.2, 0.25) is 0 Å². The van der Waals surface area contributed by atoms with Crippen molar-refractivity contribution in [3.63, 3.8) is 0 Å². The number of hydrogen-bond acceptors (Lipinski definition) is 2. The first-order valence-electron chi connectivity index (χ1n) is 6.00. The molecule has 0 spiro atoms. The van der Waals surface area contributed by atoms with E-state index in [-0.39, 0.29) is 6.04 Å². The van der Waals surface area contributed by atoms with Crippen LogP contribution in [0, 0.1) is 0 Å². The molecule has 1 unspecified atom stereocenters. The number of carboxylic acid groups (broad SMARTS) is 1. The first kappa shape index (κ1) is 13.7. The summed E-state index contributed by atoms with van der Waals surface area (Å²) in [6.07, 6.45) is 0.960. The predicted octanol–water partition coefficient (Wildman–Crippen LogP) is 2.55. The van der Waals surface area contributed by atoms with E-state index in [1.165, 1.54) is 5.56 Å². The van der Waals surface area contributed by atoms with Crippen LogP contribution in [0.15, 0.2) is 24.3 Å². The average Bonchev–Trinajstić information content (AvgIpc) is 2.28. The molecule has 3 heteroatoms. The topological polar surface area (TPSA) is 49.3 Å². The molecule has 0 aromatic heterocycles. The number of hydrogen-bond donors (Lipinski definition) is 2. The van der Waals surface area contributed by atoms with E-state index in [0.29, 0.717) is 0 Å². The van der Waals surface area contributed by atoms with Crippen molar-refractivity contribution in [1.29, 1.82) is 0 Å². The number of nitrogens with one attached hydrogen (secondary N) is 1. The van der Waals surface area contributed by atoms with Gasteiger partial charge < -0.3 is 5.11 Å². The molecule has 0 aliphatic rings. The molecule has 0 aliphatic heterocycles. The molecule has 0 aliphatic carbocycles. The molecule has 0 amide bonds. The van der Waals surface area contributed by atoms with Crippen LogP contribution in [0.25, 0.3) is 0 Å². The number of aliphatic carboxylic acids is 1. The molecular formula is C14H21NO2. The molecule has 94 valence electrons. The molecule has 1 rings (SSSR count). The quantitative estimate of drug-likeness (QED) is 0.824. The zero-order chi connectivity index (χ0) is 13.1. The zero-order valence-electron chi connectivity index (χ0n) is 10.9. The summed E-state index contributed by atoms with van der Waals surface area (Å²) in [5.41, 5.74) is 0.974. The van der Waals surface area contributed by atoms with Gasteiger partial charge in [-0.05, 0) is 38.3 Å². The van der Waals surface area contributed by atoms with Gasteiger partial charge in [0.1, 0.15) is 5.54 Å². The Morgan fingerprint density at radius 2 is 1.88 bits per heavy atom. The lowest BCUT2D eigenvalue weighted by atomic mass is 9.90. The molecule has 1 aromatic carbocycles. The first-order valence-corrected chi connectivity index (χ1v) is 6.00.